The molecule has 3 nitrogen and oxygen atoms in total. The molecule has 1 rings (SSSR count). The zero-order chi connectivity index (χ0) is 11.4. The quantitative estimate of drug-likeness (QED) is 0.763. The minimum Gasteiger partial charge on any atom is -0.399 e. The Balaban J connectivity index is 2.58. The molecule has 1 aromatic rings. The van der Waals surface area contributed by atoms with Crippen molar-refractivity contribution in [1.29, 1.82) is 0 Å². The molecule has 0 aliphatic rings. The lowest BCUT2D eigenvalue weighted by atomic mass is 10.1. The summed E-state index contributed by atoms with van der Waals surface area (Å²) in [5, 5.41) is 0. The number of nitrogen functional groups attached to an aromatic ring is 1. The number of nitrogens with zero attached hydrogens (tertiary/aromatic N) is 1. The highest BCUT2D eigenvalue weighted by molar-refractivity contribution is 5.75. The smallest absolute Gasteiger partial charge is 0.222 e. The molecule has 0 aliphatic carbocycles. The lowest BCUT2D eigenvalue weighted by molar-refractivity contribution is -0.128. The van der Waals surface area contributed by atoms with Crippen LogP contribution in [0.15, 0.2) is 18.2 Å². The van der Waals surface area contributed by atoms with E-state index in [2.05, 4.69) is 0 Å². The topological polar surface area (TPSA) is 46.3 Å². The maximum absolute atomic E-state index is 11.4. The van der Waals surface area contributed by atoms with E-state index in [1.165, 1.54) is 0 Å². The number of benzene rings is 1. The van der Waals surface area contributed by atoms with Crippen molar-refractivity contribution in [3.05, 3.63) is 29.3 Å². The first-order chi connectivity index (χ1) is 7.00. The summed E-state index contributed by atoms with van der Waals surface area (Å²) in [6.45, 7) is 1.98. The van der Waals surface area contributed by atoms with Crippen LogP contribution in [0.2, 0.25) is 0 Å². The number of carbonyl (C=O) groups excluding carboxylic acids is 1. The number of hydrogen-bond donors (Lipinski definition) is 1. The number of amides is 1. The number of aryl methyl sites for hydroxylation is 2. The van der Waals surface area contributed by atoms with Gasteiger partial charge in [-0.2, -0.15) is 0 Å². The molecule has 0 aromatic heterocycles. The van der Waals surface area contributed by atoms with Crippen LogP contribution in [0.4, 0.5) is 5.69 Å². The zero-order valence-electron chi connectivity index (χ0n) is 9.58. The van der Waals surface area contributed by atoms with Crippen LogP contribution in [0.5, 0.6) is 0 Å². The van der Waals surface area contributed by atoms with E-state index >= 15 is 0 Å². The third-order valence-electron chi connectivity index (χ3n) is 2.47. The average molecular weight is 206 g/mol. The van der Waals surface area contributed by atoms with Crippen molar-refractivity contribution in [3.8, 4) is 0 Å². The van der Waals surface area contributed by atoms with E-state index in [9.17, 15) is 4.79 Å². The van der Waals surface area contributed by atoms with E-state index in [1.54, 1.807) is 19.0 Å². The Kier molecular flexibility index (Phi) is 3.72. The van der Waals surface area contributed by atoms with Gasteiger partial charge in [-0.15, -0.1) is 0 Å². The van der Waals surface area contributed by atoms with Gasteiger partial charge in [0, 0.05) is 26.2 Å². The standard InChI is InChI=1S/C12H18N2O/c1-9-4-5-10(8-11(9)13)6-7-12(15)14(2)3/h4-5,8H,6-7,13H2,1-3H3. The van der Waals surface area contributed by atoms with Crippen molar-refractivity contribution in [2.45, 2.75) is 19.8 Å². The summed E-state index contributed by atoms with van der Waals surface area (Å²) in [7, 11) is 3.54. The lowest BCUT2D eigenvalue weighted by Crippen LogP contribution is -2.21. The van der Waals surface area contributed by atoms with Crippen molar-refractivity contribution in [2.75, 3.05) is 19.8 Å². The monoisotopic (exact) mass is 206 g/mol. The molecule has 0 fully saturated rings. The Hall–Kier alpha value is -1.51. The molecule has 0 atom stereocenters. The van der Waals surface area contributed by atoms with E-state index in [-0.39, 0.29) is 5.91 Å². The molecule has 1 aromatic carbocycles. The molecule has 3 heteroatoms. The Bertz CT molecular complexity index is 359. The lowest BCUT2D eigenvalue weighted by Gasteiger charge is -2.10. The second kappa shape index (κ2) is 4.82. The van der Waals surface area contributed by atoms with Crippen molar-refractivity contribution < 1.29 is 4.79 Å². The highest BCUT2D eigenvalue weighted by Crippen LogP contribution is 2.14. The van der Waals surface area contributed by atoms with Gasteiger partial charge in [0.15, 0.2) is 0 Å². The zero-order valence-corrected chi connectivity index (χ0v) is 9.58. The van der Waals surface area contributed by atoms with Crippen LogP contribution in [0.1, 0.15) is 17.5 Å². The summed E-state index contributed by atoms with van der Waals surface area (Å²) in [5.74, 6) is 0.147. The molecule has 2 N–H and O–H groups in total. The first kappa shape index (κ1) is 11.6. The number of rotatable bonds is 3. The van der Waals surface area contributed by atoms with Crippen molar-refractivity contribution in [3.63, 3.8) is 0 Å². The van der Waals surface area contributed by atoms with E-state index < -0.39 is 0 Å². The molecule has 1 amide bonds. The summed E-state index contributed by atoms with van der Waals surface area (Å²) in [6, 6.07) is 5.96. The summed E-state index contributed by atoms with van der Waals surface area (Å²) in [6.07, 6.45) is 1.29. The molecule has 0 aliphatic heterocycles. The van der Waals surface area contributed by atoms with E-state index in [0.717, 1.165) is 23.2 Å². The molecule has 0 heterocycles. The minimum absolute atomic E-state index is 0.147. The van der Waals surface area contributed by atoms with Gasteiger partial charge < -0.3 is 10.6 Å². The molecule has 0 unspecified atom stereocenters. The van der Waals surface area contributed by atoms with Gasteiger partial charge >= 0.3 is 0 Å². The second-order valence-corrected chi connectivity index (χ2v) is 3.98. The van der Waals surface area contributed by atoms with Crippen LogP contribution in [0.25, 0.3) is 0 Å². The van der Waals surface area contributed by atoms with Gasteiger partial charge in [-0.3, -0.25) is 4.79 Å². The fraction of sp³-hybridized carbons (Fsp3) is 0.417. The highest BCUT2D eigenvalue weighted by atomic mass is 16.2. The summed E-state index contributed by atoms with van der Waals surface area (Å²) in [5.41, 5.74) is 8.79. The minimum atomic E-state index is 0.147. The van der Waals surface area contributed by atoms with E-state index in [4.69, 9.17) is 5.73 Å². The molecule has 0 spiro atoms. The van der Waals surface area contributed by atoms with Crippen LogP contribution in [0.3, 0.4) is 0 Å². The van der Waals surface area contributed by atoms with Crippen molar-refractivity contribution in [1.82, 2.24) is 4.90 Å². The Labute approximate surface area is 90.9 Å². The van der Waals surface area contributed by atoms with Gasteiger partial charge in [0.05, 0.1) is 0 Å². The molecule has 0 saturated heterocycles. The van der Waals surface area contributed by atoms with Crippen LogP contribution in [0, 0.1) is 6.92 Å². The number of hydrogen-bond acceptors (Lipinski definition) is 2. The van der Waals surface area contributed by atoms with Crippen LogP contribution < -0.4 is 5.73 Å². The highest BCUT2D eigenvalue weighted by Gasteiger charge is 2.04. The Morgan fingerprint density at radius 1 is 1.40 bits per heavy atom. The largest absolute Gasteiger partial charge is 0.399 e. The van der Waals surface area contributed by atoms with Gasteiger partial charge in [-0.25, -0.2) is 0 Å². The predicted octanol–water partition coefficient (Wildman–Crippen LogP) is 1.60. The third-order valence-corrected chi connectivity index (χ3v) is 2.47. The van der Waals surface area contributed by atoms with Crippen LogP contribution in [-0.4, -0.2) is 24.9 Å². The van der Waals surface area contributed by atoms with Crippen molar-refractivity contribution >= 4 is 11.6 Å². The number of carbonyl (C=O) groups is 1. The molecular weight excluding hydrogens is 188 g/mol. The number of nitrogens with two attached hydrogens (primary N) is 1. The maximum Gasteiger partial charge on any atom is 0.222 e. The van der Waals surface area contributed by atoms with Gasteiger partial charge in [0.25, 0.3) is 0 Å². The summed E-state index contributed by atoms with van der Waals surface area (Å²) < 4.78 is 0. The maximum atomic E-state index is 11.4. The summed E-state index contributed by atoms with van der Waals surface area (Å²) >= 11 is 0. The SMILES string of the molecule is Cc1ccc(CCC(=O)N(C)C)cc1N. The average Bonchev–Trinajstić information content (AvgIpc) is 2.19. The molecular formula is C12H18N2O. The molecule has 15 heavy (non-hydrogen) atoms. The fourth-order valence-electron chi connectivity index (χ4n) is 1.32. The van der Waals surface area contributed by atoms with E-state index in [1.807, 2.05) is 25.1 Å². The van der Waals surface area contributed by atoms with E-state index in [0.29, 0.717) is 6.42 Å². The molecule has 0 bridgehead atoms. The Morgan fingerprint density at radius 2 is 2.07 bits per heavy atom. The molecule has 0 radical (unpaired) electrons. The van der Waals surface area contributed by atoms with Crippen LogP contribution in [-0.2, 0) is 11.2 Å². The van der Waals surface area contributed by atoms with Crippen molar-refractivity contribution in [2.24, 2.45) is 0 Å². The predicted molar refractivity (Wildman–Crippen MR) is 62.6 cm³/mol. The first-order valence-corrected chi connectivity index (χ1v) is 5.06. The normalized spacial score (nSPS) is 10.1. The first-order valence-electron chi connectivity index (χ1n) is 5.06. The van der Waals surface area contributed by atoms with Gasteiger partial charge in [-0.1, -0.05) is 12.1 Å². The Morgan fingerprint density at radius 3 is 2.60 bits per heavy atom. The van der Waals surface area contributed by atoms with Gasteiger partial charge in [0.2, 0.25) is 5.91 Å². The number of anilines is 1. The molecule has 0 saturated carbocycles. The second-order valence-electron chi connectivity index (χ2n) is 3.98. The van der Waals surface area contributed by atoms with Gasteiger partial charge in [-0.05, 0) is 30.5 Å². The van der Waals surface area contributed by atoms with Crippen LogP contribution >= 0.6 is 0 Å². The van der Waals surface area contributed by atoms with Gasteiger partial charge in [0.1, 0.15) is 0 Å². The summed E-state index contributed by atoms with van der Waals surface area (Å²) in [4.78, 5) is 13.0. The third kappa shape index (κ3) is 3.27. The molecule has 82 valence electrons. The fourth-order valence-corrected chi connectivity index (χ4v) is 1.32.